The van der Waals surface area contributed by atoms with E-state index in [1.54, 1.807) is 14.2 Å². The van der Waals surface area contributed by atoms with Gasteiger partial charge in [0.1, 0.15) is 0 Å². The molecule has 1 amide bonds. The van der Waals surface area contributed by atoms with Crippen molar-refractivity contribution in [2.75, 3.05) is 33.9 Å². The highest BCUT2D eigenvalue weighted by Crippen LogP contribution is 2.37. The van der Waals surface area contributed by atoms with Crippen molar-refractivity contribution in [3.05, 3.63) is 35.9 Å². The van der Waals surface area contributed by atoms with Gasteiger partial charge in [0.05, 0.1) is 20.3 Å². The number of carbonyl (C=O) groups excluding carboxylic acids is 1. The van der Waals surface area contributed by atoms with Gasteiger partial charge in [-0.2, -0.15) is 0 Å². The highest BCUT2D eigenvalue weighted by molar-refractivity contribution is 5.76. The van der Waals surface area contributed by atoms with Gasteiger partial charge >= 0.3 is 0 Å². The first-order valence-corrected chi connectivity index (χ1v) is 8.86. The smallest absolute Gasteiger partial charge is 0.220 e. The molecule has 5 heteroatoms. The summed E-state index contributed by atoms with van der Waals surface area (Å²) in [4.78, 5) is 14.4. The molecule has 0 spiro atoms. The lowest BCUT2D eigenvalue weighted by Crippen LogP contribution is -2.42. The van der Waals surface area contributed by atoms with Crippen molar-refractivity contribution < 1.29 is 14.3 Å². The summed E-state index contributed by atoms with van der Waals surface area (Å²) in [5.41, 5.74) is 2.44. The van der Waals surface area contributed by atoms with E-state index < -0.39 is 0 Å². The lowest BCUT2D eigenvalue weighted by molar-refractivity contribution is -0.122. The van der Waals surface area contributed by atoms with E-state index >= 15 is 0 Å². The van der Waals surface area contributed by atoms with Gasteiger partial charge < -0.3 is 14.8 Å². The minimum absolute atomic E-state index is 0.0983. The molecule has 1 aliphatic heterocycles. The van der Waals surface area contributed by atoms with E-state index in [0.717, 1.165) is 31.0 Å². The van der Waals surface area contributed by atoms with Crippen LogP contribution in [0.1, 0.15) is 37.4 Å². The Bertz CT molecular complexity index is 613. The van der Waals surface area contributed by atoms with Gasteiger partial charge in [-0.3, -0.25) is 9.69 Å². The van der Waals surface area contributed by atoms with Gasteiger partial charge in [-0.1, -0.05) is 19.9 Å². The predicted octanol–water partition coefficient (Wildman–Crippen LogP) is 2.95. The van der Waals surface area contributed by atoms with Gasteiger partial charge in [-0.05, 0) is 35.6 Å². The Morgan fingerprint density at radius 2 is 2.04 bits per heavy atom. The van der Waals surface area contributed by atoms with Crippen molar-refractivity contribution in [3.8, 4) is 11.5 Å². The summed E-state index contributed by atoms with van der Waals surface area (Å²) in [6.07, 6.45) is 3.40. The second-order valence-electron chi connectivity index (χ2n) is 6.86. The summed E-state index contributed by atoms with van der Waals surface area (Å²) in [5.74, 6) is 1.93. The first kappa shape index (κ1) is 19.3. The second-order valence-corrected chi connectivity index (χ2v) is 6.86. The number of fused-ring (bicyclic) bond motifs is 1. The molecular weight excluding hydrogens is 316 g/mol. The molecule has 0 aliphatic carbocycles. The number of benzene rings is 1. The normalized spacial score (nSPS) is 17.1. The molecule has 1 atom stereocenters. The molecule has 1 aromatic rings. The Balaban J connectivity index is 2.27. The second kappa shape index (κ2) is 8.90. The summed E-state index contributed by atoms with van der Waals surface area (Å²) >= 11 is 0. The fraction of sp³-hybridized carbons (Fsp3) is 0.550. The van der Waals surface area contributed by atoms with Crippen LogP contribution < -0.4 is 14.8 Å². The van der Waals surface area contributed by atoms with Gasteiger partial charge in [-0.15, -0.1) is 6.58 Å². The van der Waals surface area contributed by atoms with E-state index in [4.69, 9.17) is 9.47 Å². The number of methoxy groups -OCH3 is 2. The SMILES string of the molecule is C=CCN1CCc2cc(OC)c(OC)cc2[C@H]1CNC(=O)CC(C)C. The third-order valence-corrected chi connectivity index (χ3v) is 4.56. The molecule has 1 aromatic carbocycles. The van der Waals surface area contributed by atoms with Crippen LogP contribution in [0.25, 0.3) is 0 Å². The molecule has 0 bridgehead atoms. The number of nitrogens with zero attached hydrogens (tertiary/aromatic N) is 1. The molecule has 1 N–H and O–H groups in total. The van der Waals surface area contributed by atoms with Gasteiger partial charge in [0.2, 0.25) is 5.91 Å². The minimum Gasteiger partial charge on any atom is -0.493 e. The zero-order chi connectivity index (χ0) is 18.4. The van der Waals surface area contributed by atoms with Crippen LogP contribution in [0.15, 0.2) is 24.8 Å². The van der Waals surface area contributed by atoms with Crippen LogP contribution >= 0.6 is 0 Å². The lowest BCUT2D eigenvalue weighted by atomic mass is 9.91. The van der Waals surface area contributed by atoms with Crippen molar-refractivity contribution in [2.45, 2.75) is 32.7 Å². The Labute approximate surface area is 151 Å². The number of hydrogen-bond acceptors (Lipinski definition) is 4. The molecule has 0 fully saturated rings. The van der Waals surface area contributed by atoms with Crippen LogP contribution in [0.5, 0.6) is 11.5 Å². The number of amides is 1. The highest BCUT2D eigenvalue weighted by Gasteiger charge is 2.28. The molecule has 0 saturated heterocycles. The summed E-state index contributed by atoms with van der Waals surface area (Å²) < 4.78 is 10.9. The van der Waals surface area contributed by atoms with Crippen LogP contribution in [0.4, 0.5) is 0 Å². The van der Waals surface area contributed by atoms with Crippen LogP contribution in [0.3, 0.4) is 0 Å². The molecule has 5 nitrogen and oxygen atoms in total. The maximum Gasteiger partial charge on any atom is 0.220 e. The summed E-state index contributed by atoms with van der Waals surface area (Å²) in [6, 6.07) is 4.21. The first-order chi connectivity index (χ1) is 12.0. The average molecular weight is 346 g/mol. The molecular formula is C20H30N2O3. The number of nitrogens with one attached hydrogen (secondary N) is 1. The van der Waals surface area contributed by atoms with Crippen molar-refractivity contribution in [3.63, 3.8) is 0 Å². The van der Waals surface area contributed by atoms with Crippen LogP contribution in [0, 0.1) is 5.92 Å². The van der Waals surface area contributed by atoms with Crippen molar-refractivity contribution in [1.82, 2.24) is 10.2 Å². The molecule has 0 saturated carbocycles. The largest absolute Gasteiger partial charge is 0.493 e. The van der Waals surface area contributed by atoms with Gasteiger partial charge in [0.15, 0.2) is 11.5 Å². The Kier molecular flexibility index (Phi) is 6.88. The summed E-state index contributed by atoms with van der Waals surface area (Å²) in [6.45, 7) is 10.3. The molecule has 0 unspecified atom stereocenters. The molecule has 25 heavy (non-hydrogen) atoms. The van der Waals surface area contributed by atoms with Crippen LogP contribution in [-0.4, -0.2) is 44.7 Å². The van der Waals surface area contributed by atoms with E-state index in [2.05, 4.69) is 36.7 Å². The van der Waals surface area contributed by atoms with Gasteiger partial charge in [0.25, 0.3) is 0 Å². The molecule has 1 heterocycles. The zero-order valence-corrected chi connectivity index (χ0v) is 15.8. The maximum absolute atomic E-state index is 12.1. The minimum atomic E-state index is 0.0983. The number of carbonyl (C=O) groups is 1. The van der Waals surface area contributed by atoms with Crippen LogP contribution in [0.2, 0.25) is 0 Å². The highest BCUT2D eigenvalue weighted by atomic mass is 16.5. The average Bonchev–Trinajstić information content (AvgIpc) is 2.59. The lowest BCUT2D eigenvalue weighted by Gasteiger charge is -2.37. The van der Waals surface area contributed by atoms with Crippen LogP contribution in [-0.2, 0) is 11.2 Å². The topological polar surface area (TPSA) is 50.8 Å². The maximum atomic E-state index is 12.1. The fourth-order valence-corrected chi connectivity index (χ4v) is 3.36. The van der Waals surface area contributed by atoms with Gasteiger partial charge in [-0.25, -0.2) is 0 Å². The Morgan fingerprint density at radius 1 is 1.36 bits per heavy atom. The number of ether oxygens (including phenoxy) is 2. The molecule has 1 aliphatic rings. The molecule has 138 valence electrons. The van der Waals surface area contributed by atoms with Crippen molar-refractivity contribution in [1.29, 1.82) is 0 Å². The molecule has 0 radical (unpaired) electrons. The standard InChI is InChI=1S/C20H30N2O3/c1-6-8-22-9-7-15-11-18(24-4)19(25-5)12-16(15)17(22)13-21-20(23)10-14(2)3/h6,11-12,14,17H,1,7-10,13H2,2-5H3,(H,21,23)/t17-/m1/s1. The fourth-order valence-electron chi connectivity index (χ4n) is 3.36. The predicted molar refractivity (Wildman–Crippen MR) is 100 cm³/mol. The quantitative estimate of drug-likeness (QED) is 0.735. The van der Waals surface area contributed by atoms with E-state index in [9.17, 15) is 4.79 Å². The zero-order valence-electron chi connectivity index (χ0n) is 15.8. The van der Waals surface area contributed by atoms with E-state index in [-0.39, 0.29) is 11.9 Å². The number of rotatable bonds is 8. The van der Waals surface area contributed by atoms with Gasteiger partial charge in [0, 0.05) is 26.1 Å². The third kappa shape index (κ3) is 4.75. The monoisotopic (exact) mass is 346 g/mol. The summed E-state index contributed by atoms with van der Waals surface area (Å²) in [7, 11) is 3.30. The molecule has 0 aromatic heterocycles. The van der Waals surface area contributed by atoms with Crippen molar-refractivity contribution >= 4 is 5.91 Å². The Hall–Kier alpha value is -2.01. The van der Waals surface area contributed by atoms with E-state index in [1.807, 2.05) is 12.1 Å². The third-order valence-electron chi connectivity index (χ3n) is 4.56. The van der Waals surface area contributed by atoms with E-state index in [0.29, 0.717) is 18.9 Å². The molecule has 2 rings (SSSR count). The Morgan fingerprint density at radius 3 is 2.64 bits per heavy atom. The first-order valence-electron chi connectivity index (χ1n) is 8.86. The van der Waals surface area contributed by atoms with E-state index in [1.165, 1.54) is 11.1 Å². The summed E-state index contributed by atoms with van der Waals surface area (Å²) in [5, 5.41) is 3.09. The van der Waals surface area contributed by atoms with Crippen molar-refractivity contribution in [2.24, 2.45) is 5.92 Å². The number of hydrogen-bond donors (Lipinski definition) is 1.